The lowest BCUT2D eigenvalue weighted by molar-refractivity contribution is 0.782. The minimum absolute atomic E-state index is 0.656. The van der Waals surface area contributed by atoms with Crippen LogP contribution in [0.25, 0.3) is 22.2 Å². The van der Waals surface area contributed by atoms with Crippen molar-refractivity contribution in [3.05, 3.63) is 30.0 Å². The van der Waals surface area contributed by atoms with Gasteiger partial charge in [0.2, 0.25) is 0 Å². The fourth-order valence-electron chi connectivity index (χ4n) is 2.35. The van der Waals surface area contributed by atoms with Gasteiger partial charge in [0.1, 0.15) is 5.82 Å². The van der Waals surface area contributed by atoms with Crippen LogP contribution in [-0.2, 0) is 14.1 Å². The van der Waals surface area contributed by atoms with Crippen molar-refractivity contribution in [1.29, 1.82) is 0 Å². The summed E-state index contributed by atoms with van der Waals surface area (Å²) in [5.74, 6) is 0.656. The lowest BCUT2D eigenvalue weighted by Gasteiger charge is -2.00. The van der Waals surface area contributed by atoms with Crippen molar-refractivity contribution in [3.8, 4) is 11.3 Å². The zero-order valence-corrected chi connectivity index (χ0v) is 10.7. The Kier molecular flexibility index (Phi) is 2.16. The van der Waals surface area contributed by atoms with E-state index in [9.17, 15) is 0 Å². The molecule has 0 bridgehead atoms. The summed E-state index contributed by atoms with van der Waals surface area (Å²) in [4.78, 5) is 0. The molecule has 0 amide bonds. The molecule has 2 aromatic heterocycles. The Morgan fingerprint density at radius 3 is 2.56 bits per heavy atom. The Balaban J connectivity index is 2.35. The molecule has 3 rings (SSSR count). The van der Waals surface area contributed by atoms with Crippen LogP contribution in [0.15, 0.2) is 24.3 Å². The van der Waals surface area contributed by atoms with Gasteiger partial charge in [-0.05, 0) is 13.0 Å². The van der Waals surface area contributed by atoms with Crippen molar-refractivity contribution < 1.29 is 0 Å². The normalized spacial score (nSPS) is 11.3. The second-order valence-corrected chi connectivity index (χ2v) is 4.49. The van der Waals surface area contributed by atoms with Gasteiger partial charge in [-0.1, -0.05) is 12.1 Å². The van der Waals surface area contributed by atoms with Crippen molar-refractivity contribution >= 4 is 16.7 Å². The van der Waals surface area contributed by atoms with Gasteiger partial charge in [-0.25, -0.2) is 0 Å². The summed E-state index contributed by atoms with van der Waals surface area (Å²) in [5, 5.41) is 10.0. The van der Waals surface area contributed by atoms with Gasteiger partial charge in [0.15, 0.2) is 0 Å². The van der Waals surface area contributed by atoms with E-state index in [4.69, 9.17) is 5.73 Å². The maximum Gasteiger partial charge on any atom is 0.121 e. The van der Waals surface area contributed by atoms with Crippen LogP contribution in [0.5, 0.6) is 0 Å². The molecule has 0 spiro atoms. The predicted molar refractivity (Wildman–Crippen MR) is 72.1 cm³/mol. The average Bonchev–Trinajstić information content (AvgIpc) is 2.82. The van der Waals surface area contributed by atoms with E-state index < -0.39 is 0 Å². The van der Waals surface area contributed by atoms with Crippen molar-refractivity contribution in [2.75, 3.05) is 5.73 Å². The van der Waals surface area contributed by atoms with Crippen molar-refractivity contribution in [2.45, 2.75) is 6.92 Å². The van der Waals surface area contributed by atoms with Gasteiger partial charge in [-0.3, -0.25) is 9.36 Å². The molecule has 0 aliphatic heterocycles. The van der Waals surface area contributed by atoms with Crippen LogP contribution >= 0.6 is 0 Å². The Bertz CT molecular complexity index is 716. The van der Waals surface area contributed by atoms with E-state index in [2.05, 4.69) is 22.3 Å². The minimum atomic E-state index is 0.656. The molecule has 0 saturated carbocycles. The molecule has 5 heteroatoms. The number of fused-ring (bicyclic) bond motifs is 1. The molecule has 3 aromatic rings. The monoisotopic (exact) mass is 241 g/mol. The number of rotatable bonds is 1. The summed E-state index contributed by atoms with van der Waals surface area (Å²) < 4.78 is 3.57. The van der Waals surface area contributed by atoms with Crippen LogP contribution < -0.4 is 5.73 Å². The lowest BCUT2D eigenvalue weighted by Crippen LogP contribution is -1.96. The number of aryl methyl sites for hydroxylation is 3. The van der Waals surface area contributed by atoms with E-state index >= 15 is 0 Å². The van der Waals surface area contributed by atoms with Gasteiger partial charge < -0.3 is 5.73 Å². The van der Waals surface area contributed by atoms with Crippen LogP contribution in [0.2, 0.25) is 0 Å². The van der Waals surface area contributed by atoms with E-state index in [0.29, 0.717) is 5.82 Å². The van der Waals surface area contributed by atoms with Gasteiger partial charge >= 0.3 is 0 Å². The third kappa shape index (κ3) is 1.40. The SMILES string of the molecule is Cc1nn(C)c2cccc(-c3cc(N)n(C)n3)c12. The van der Waals surface area contributed by atoms with Gasteiger partial charge in [-0.15, -0.1) is 0 Å². The Labute approximate surface area is 105 Å². The highest BCUT2D eigenvalue weighted by molar-refractivity contribution is 5.96. The summed E-state index contributed by atoms with van der Waals surface area (Å²) in [6, 6.07) is 8.02. The summed E-state index contributed by atoms with van der Waals surface area (Å²) in [6.45, 7) is 2.01. The highest BCUT2D eigenvalue weighted by Gasteiger charge is 2.13. The van der Waals surface area contributed by atoms with E-state index in [1.54, 1.807) is 4.68 Å². The second-order valence-electron chi connectivity index (χ2n) is 4.49. The zero-order chi connectivity index (χ0) is 12.9. The fraction of sp³-hybridized carbons (Fsp3) is 0.231. The van der Waals surface area contributed by atoms with E-state index in [1.807, 2.05) is 37.8 Å². The molecule has 2 N–H and O–H groups in total. The Morgan fingerprint density at radius 1 is 1.11 bits per heavy atom. The molecular weight excluding hydrogens is 226 g/mol. The summed E-state index contributed by atoms with van der Waals surface area (Å²) in [7, 11) is 3.79. The molecule has 5 nitrogen and oxygen atoms in total. The minimum Gasteiger partial charge on any atom is -0.384 e. The molecule has 0 aliphatic rings. The van der Waals surface area contributed by atoms with Crippen LogP contribution in [0.1, 0.15) is 5.69 Å². The zero-order valence-electron chi connectivity index (χ0n) is 10.7. The van der Waals surface area contributed by atoms with E-state index in [-0.39, 0.29) is 0 Å². The highest BCUT2D eigenvalue weighted by Crippen LogP contribution is 2.30. The topological polar surface area (TPSA) is 61.7 Å². The molecular formula is C13H15N5. The average molecular weight is 241 g/mol. The Hall–Kier alpha value is -2.30. The van der Waals surface area contributed by atoms with Crippen LogP contribution in [0, 0.1) is 6.92 Å². The van der Waals surface area contributed by atoms with Gasteiger partial charge in [-0.2, -0.15) is 10.2 Å². The number of hydrogen-bond acceptors (Lipinski definition) is 3. The smallest absolute Gasteiger partial charge is 0.121 e. The van der Waals surface area contributed by atoms with Crippen LogP contribution in [-0.4, -0.2) is 19.6 Å². The second kappa shape index (κ2) is 3.60. The molecule has 0 atom stereocenters. The third-order valence-corrected chi connectivity index (χ3v) is 3.24. The number of nitrogen functional groups attached to an aromatic ring is 1. The highest BCUT2D eigenvalue weighted by atomic mass is 15.3. The first-order valence-electron chi connectivity index (χ1n) is 5.80. The molecule has 0 unspecified atom stereocenters. The van der Waals surface area contributed by atoms with Crippen LogP contribution in [0.4, 0.5) is 5.82 Å². The molecule has 0 saturated heterocycles. The third-order valence-electron chi connectivity index (χ3n) is 3.24. The summed E-state index contributed by atoms with van der Waals surface area (Å²) in [6.07, 6.45) is 0. The van der Waals surface area contributed by atoms with Crippen molar-refractivity contribution in [3.63, 3.8) is 0 Å². The molecule has 0 radical (unpaired) electrons. The first-order chi connectivity index (χ1) is 8.58. The van der Waals surface area contributed by atoms with Gasteiger partial charge in [0, 0.05) is 31.1 Å². The first kappa shape index (κ1) is 10.8. The number of hydrogen-bond donors (Lipinski definition) is 1. The molecule has 0 aliphatic carbocycles. The fourth-order valence-corrected chi connectivity index (χ4v) is 2.35. The van der Waals surface area contributed by atoms with E-state index in [1.165, 1.54) is 0 Å². The summed E-state index contributed by atoms with van der Waals surface area (Å²) >= 11 is 0. The van der Waals surface area contributed by atoms with Crippen molar-refractivity contribution in [1.82, 2.24) is 19.6 Å². The standard InChI is InChI=1S/C13H15N5/c1-8-13-9(10-7-12(14)18(3)16-10)5-4-6-11(13)17(2)15-8/h4-7H,14H2,1-3H3. The number of nitrogens with zero attached hydrogens (tertiary/aromatic N) is 4. The molecule has 92 valence electrons. The Morgan fingerprint density at radius 2 is 1.89 bits per heavy atom. The first-order valence-corrected chi connectivity index (χ1v) is 5.80. The molecule has 18 heavy (non-hydrogen) atoms. The molecule has 2 heterocycles. The number of aromatic nitrogens is 4. The van der Waals surface area contributed by atoms with Crippen LogP contribution in [0.3, 0.4) is 0 Å². The van der Waals surface area contributed by atoms with E-state index in [0.717, 1.165) is 27.9 Å². The maximum atomic E-state index is 5.84. The number of benzene rings is 1. The van der Waals surface area contributed by atoms with Gasteiger partial charge in [0.25, 0.3) is 0 Å². The number of anilines is 1. The predicted octanol–water partition coefficient (Wildman–Crippen LogP) is 1.86. The lowest BCUT2D eigenvalue weighted by atomic mass is 10.1. The maximum absolute atomic E-state index is 5.84. The largest absolute Gasteiger partial charge is 0.384 e. The van der Waals surface area contributed by atoms with Crippen molar-refractivity contribution in [2.24, 2.45) is 14.1 Å². The number of nitrogens with two attached hydrogens (primary N) is 1. The van der Waals surface area contributed by atoms with Gasteiger partial charge in [0.05, 0.1) is 16.9 Å². The molecule has 0 fully saturated rings. The quantitative estimate of drug-likeness (QED) is 0.707. The molecule has 1 aromatic carbocycles. The summed E-state index contributed by atoms with van der Waals surface area (Å²) in [5.41, 5.74) is 9.92.